The van der Waals surface area contributed by atoms with Crippen molar-refractivity contribution in [3.8, 4) is 11.5 Å². The van der Waals surface area contributed by atoms with Gasteiger partial charge in [-0.3, -0.25) is 0 Å². The third-order valence-corrected chi connectivity index (χ3v) is 7.05. The third kappa shape index (κ3) is 1.69. The number of aryl methyl sites for hydroxylation is 1. The normalized spacial score (nSPS) is 47.0. The zero-order valence-corrected chi connectivity index (χ0v) is 13.6. The Morgan fingerprint density at radius 3 is 2.38 bits per heavy atom. The van der Waals surface area contributed by atoms with Gasteiger partial charge in [0, 0.05) is 5.41 Å². The molecule has 1 aromatic rings. The summed E-state index contributed by atoms with van der Waals surface area (Å²) in [6.45, 7) is 1.73. The van der Waals surface area contributed by atoms with Gasteiger partial charge in [0.1, 0.15) is 17.8 Å². The van der Waals surface area contributed by atoms with Gasteiger partial charge in [0.05, 0.1) is 6.10 Å². The average Bonchev–Trinajstić information content (AvgIpc) is 2.69. The van der Waals surface area contributed by atoms with E-state index in [0.29, 0.717) is 25.7 Å². The predicted molar refractivity (Wildman–Crippen MR) is 84.6 cm³/mol. The zero-order valence-electron chi connectivity index (χ0n) is 13.6. The van der Waals surface area contributed by atoms with E-state index in [0.717, 1.165) is 11.1 Å². The summed E-state index contributed by atoms with van der Waals surface area (Å²) in [5.74, 6) is -0.764. The van der Waals surface area contributed by atoms with Crippen molar-refractivity contribution in [2.24, 2.45) is 11.3 Å². The Kier molecular flexibility index (Phi) is 3.26. The lowest BCUT2D eigenvalue weighted by molar-refractivity contribution is -0.199. The molecule has 0 saturated heterocycles. The first-order valence-electron chi connectivity index (χ1n) is 8.53. The Hall–Kier alpha value is -1.34. The van der Waals surface area contributed by atoms with E-state index in [4.69, 9.17) is 0 Å². The maximum atomic E-state index is 11.4. The number of fused-ring (bicyclic) bond motifs is 5. The number of hydrogen-bond donors (Lipinski definition) is 6. The van der Waals surface area contributed by atoms with E-state index < -0.39 is 29.3 Å². The SMILES string of the molecule is C[C@]12CCC3c4cc(O)c(O)cc4CCC3[C@@]1(O)[C@@H](O)[C@@H](O)[C@H]2O. The summed E-state index contributed by atoms with van der Waals surface area (Å²) < 4.78 is 0. The maximum absolute atomic E-state index is 11.4. The molecule has 6 N–H and O–H groups in total. The van der Waals surface area contributed by atoms with Crippen molar-refractivity contribution in [1.82, 2.24) is 0 Å². The summed E-state index contributed by atoms with van der Waals surface area (Å²) >= 11 is 0. The molecule has 4 rings (SSSR count). The van der Waals surface area contributed by atoms with Crippen LogP contribution in [0.4, 0.5) is 0 Å². The van der Waals surface area contributed by atoms with E-state index in [1.165, 1.54) is 0 Å². The summed E-state index contributed by atoms with van der Waals surface area (Å²) in [6.07, 6.45) is -1.62. The van der Waals surface area contributed by atoms with Crippen molar-refractivity contribution in [1.29, 1.82) is 0 Å². The molecule has 7 atom stereocenters. The van der Waals surface area contributed by atoms with Gasteiger partial charge in [-0.1, -0.05) is 6.92 Å². The highest BCUT2D eigenvalue weighted by atomic mass is 16.4. The Labute approximate surface area is 140 Å². The monoisotopic (exact) mass is 336 g/mol. The van der Waals surface area contributed by atoms with Crippen molar-refractivity contribution in [2.45, 2.75) is 62.4 Å². The standard InChI is InChI=1S/C18H24O6/c1-17-5-4-9-10-7-13(20)12(19)6-8(10)2-3-11(9)18(17,24)16(23)14(21)15(17)22/h6-7,9,11,14-16,19-24H,2-5H2,1H3/t9?,11?,14-,15+,16-,17+,18+/m0/s1. The fraction of sp³-hybridized carbons (Fsp3) is 0.667. The number of rotatable bonds is 0. The van der Waals surface area contributed by atoms with E-state index in [-0.39, 0.29) is 23.3 Å². The van der Waals surface area contributed by atoms with Crippen LogP contribution in [0.5, 0.6) is 11.5 Å². The highest BCUT2D eigenvalue weighted by molar-refractivity contribution is 5.49. The van der Waals surface area contributed by atoms with E-state index in [2.05, 4.69) is 0 Å². The molecule has 2 unspecified atom stereocenters. The smallest absolute Gasteiger partial charge is 0.157 e. The Morgan fingerprint density at radius 1 is 1.00 bits per heavy atom. The van der Waals surface area contributed by atoms with Crippen molar-refractivity contribution >= 4 is 0 Å². The first-order chi connectivity index (χ1) is 11.2. The molecule has 24 heavy (non-hydrogen) atoms. The van der Waals surface area contributed by atoms with Crippen LogP contribution in [0.15, 0.2) is 12.1 Å². The second kappa shape index (κ2) is 4.85. The maximum Gasteiger partial charge on any atom is 0.157 e. The van der Waals surface area contributed by atoms with E-state index >= 15 is 0 Å². The van der Waals surface area contributed by atoms with E-state index in [1.54, 1.807) is 19.1 Å². The van der Waals surface area contributed by atoms with Crippen LogP contribution in [0.1, 0.15) is 43.2 Å². The summed E-state index contributed by atoms with van der Waals surface area (Å²) in [6, 6.07) is 3.11. The lowest BCUT2D eigenvalue weighted by Gasteiger charge is -2.55. The Balaban J connectivity index is 1.82. The fourth-order valence-corrected chi connectivity index (χ4v) is 5.64. The second-order valence-corrected chi connectivity index (χ2v) is 7.95. The zero-order chi connectivity index (χ0) is 17.4. The minimum atomic E-state index is -1.58. The van der Waals surface area contributed by atoms with Crippen molar-refractivity contribution in [2.75, 3.05) is 0 Å². The molecule has 6 heteroatoms. The largest absolute Gasteiger partial charge is 0.504 e. The Bertz CT molecular complexity index is 690. The molecule has 0 bridgehead atoms. The number of hydrogen-bond acceptors (Lipinski definition) is 6. The molecule has 0 aliphatic heterocycles. The number of aliphatic hydroxyl groups excluding tert-OH is 3. The van der Waals surface area contributed by atoms with Crippen LogP contribution in [-0.4, -0.2) is 54.6 Å². The van der Waals surface area contributed by atoms with Gasteiger partial charge in [-0.25, -0.2) is 0 Å². The van der Waals surface area contributed by atoms with Crippen LogP contribution < -0.4 is 0 Å². The lowest BCUT2D eigenvalue weighted by atomic mass is 9.52. The van der Waals surface area contributed by atoms with Gasteiger partial charge in [-0.2, -0.15) is 0 Å². The van der Waals surface area contributed by atoms with Gasteiger partial charge in [0.25, 0.3) is 0 Å². The first-order valence-corrected chi connectivity index (χ1v) is 8.53. The molecule has 132 valence electrons. The van der Waals surface area contributed by atoms with Crippen LogP contribution in [0.3, 0.4) is 0 Å². The number of aliphatic hydroxyl groups is 4. The minimum absolute atomic E-state index is 0.0922. The third-order valence-electron chi connectivity index (χ3n) is 7.05. The van der Waals surface area contributed by atoms with Gasteiger partial charge in [0.2, 0.25) is 0 Å². The molecule has 0 aromatic heterocycles. The highest BCUT2D eigenvalue weighted by Gasteiger charge is 2.71. The van der Waals surface area contributed by atoms with Crippen LogP contribution in [0.25, 0.3) is 0 Å². The van der Waals surface area contributed by atoms with Crippen LogP contribution in [0, 0.1) is 11.3 Å². The van der Waals surface area contributed by atoms with Crippen molar-refractivity contribution < 1.29 is 30.6 Å². The van der Waals surface area contributed by atoms with Crippen molar-refractivity contribution in [3.05, 3.63) is 23.3 Å². The summed E-state index contributed by atoms with van der Waals surface area (Å²) in [7, 11) is 0. The number of phenols is 2. The topological polar surface area (TPSA) is 121 Å². The second-order valence-electron chi connectivity index (χ2n) is 7.95. The number of benzene rings is 1. The molecule has 0 amide bonds. The summed E-state index contributed by atoms with van der Waals surface area (Å²) in [5.41, 5.74) is -0.740. The first kappa shape index (κ1) is 16.1. The molecule has 0 spiro atoms. The van der Waals surface area contributed by atoms with Crippen LogP contribution in [0.2, 0.25) is 0 Å². The van der Waals surface area contributed by atoms with Gasteiger partial charge in [0.15, 0.2) is 11.5 Å². The summed E-state index contributed by atoms with van der Waals surface area (Å²) in [4.78, 5) is 0. The number of phenolic OH excluding ortho intramolecular Hbond substituents is 2. The Morgan fingerprint density at radius 2 is 1.67 bits per heavy atom. The molecule has 2 saturated carbocycles. The molecule has 0 radical (unpaired) electrons. The molecule has 6 nitrogen and oxygen atoms in total. The van der Waals surface area contributed by atoms with Crippen molar-refractivity contribution in [3.63, 3.8) is 0 Å². The molecule has 0 heterocycles. The quantitative estimate of drug-likeness (QED) is 0.381. The molecule has 1 aromatic carbocycles. The van der Waals surface area contributed by atoms with Gasteiger partial charge in [-0.05, 0) is 60.8 Å². The minimum Gasteiger partial charge on any atom is -0.504 e. The summed E-state index contributed by atoms with van der Waals surface area (Å²) in [5, 5.41) is 62.1. The molecular weight excluding hydrogens is 312 g/mol. The van der Waals surface area contributed by atoms with Crippen LogP contribution in [-0.2, 0) is 6.42 Å². The highest BCUT2D eigenvalue weighted by Crippen LogP contribution is 2.63. The van der Waals surface area contributed by atoms with Gasteiger partial charge < -0.3 is 30.6 Å². The van der Waals surface area contributed by atoms with E-state index in [1.807, 2.05) is 0 Å². The molecular formula is C18H24O6. The molecule has 2 fully saturated rings. The molecule has 3 aliphatic carbocycles. The van der Waals surface area contributed by atoms with Crippen LogP contribution >= 0.6 is 0 Å². The van der Waals surface area contributed by atoms with Gasteiger partial charge in [-0.15, -0.1) is 0 Å². The van der Waals surface area contributed by atoms with Gasteiger partial charge >= 0.3 is 0 Å². The average molecular weight is 336 g/mol. The fourth-order valence-electron chi connectivity index (χ4n) is 5.64. The van der Waals surface area contributed by atoms with E-state index in [9.17, 15) is 30.6 Å². The lowest BCUT2D eigenvalue weighted by Crippen LogP contribution is -2.62. The molecule has 3 aliphatic rings. The number of aromatic hydroxyl groups is 2. The predicted octanol–water partition coefficient (Wildman–Crippen LogP) is 0.371.